The normalized spacial score (nSPS) is 11.5. The second-order valence-electron chi connectivity index (χ2n) is 14.4. The Morgan fingerprint density at radius 3 is 1.60 bits per heavy atom. The topological polar surface area (TPSA) is 29.3 Å². The van der Waals surface area contributed by atoms with Crippen molar-refractivity contribution >= 4 is 70.4 Å². The maximum absolute atomic E-state index is 6.38. The summed E-state index contributed by atoms with van der Waals surface area (Å²) in [4.78, 5) is 7.22. The van der Waals surface area contributed by atoms with Crippen molar-refractivity contribution in [2.75, 3.05) is 4.90 Å². The number of aromatic nitrogens is 1. The zero-order chi connectivity index (χ0) is 37.7. The van der Waals surface area contributed by atoms with E-state index < -0.39 is 0 Å². The molecule has 0 bridgehead atoms. The molecule has 0 unspecified atom stereocenters. The van der Waals surface area contributed by atoms with Crippen LogP contribution < -0.4 is 4.90 Å². The van der Waals surface area contributed by atoms with Gasteiger partial charge in [0.25, 0.3) is 0 Å². The average Bonchev–Trinajstić information content (AvgIpc) is 3.87. The summed E-state index contributed by atoms with van der Waals surface area (Å²) in [5, 5.41) is 4.91. The molecule has 0 amide bonds. The van der Waals surface area contributed by atoms with Gasteiger partial charge in [-0.3, -0.25) is 0 Å². The van der Waals surface area contributed by atoms with Crippen molar-refractivity contribution in [1.29, 1.82) is 0 Å². The summed E-state index contributed by atoms with van der Waals surface area (Å²) in [5.74, 6) is 0.637. The highest BCUT2D eigenvalue weighted by Gasteiger charge is 2.16. The molecule has 9 aromatic carbocycles. The maximum Gasteiger partial charge on any atom is 0.227 e. The first-order valence-corrected chi connectivity index (χ1v) is 20.0. The summed E-state index contributed by atoms with van der Waals surface area (Å²) >= 11 is 1.80. The highest BCUT2D eigenvalue weighted by molar-refractivity contribution is 7.25. The Kier molecular flexibility index (Phi) is 8.01. The predicted octanol–water partition coefficient (Wildman–Crippen LogP) is 15.5. The minimum absolute atomic E-state index is 0.637. The molecule has 0 radical (unpaired) electrons. The second kappa shape index (κ2) is 13.8. The first-order valence-electron chi connectivity index (χ1n) is 19.2. The van der Waals surface area contributed by atoms with Gasteiger partial charge in [-0.15, -0.1) is 11.3 Å². The number of rotatable bonds is 7. The van der Waals surface area contributed by atoms with Crippen LogP contribution in [0.1, 0.15) is 0 Å². The van der Waals surface area contributed by atoms with Gasteiger partial charge in [-0.1, -0.05) is 127 Å². The molecule has 2 aromatic heterocycles. The zero-order valence-electron chi connectivity index (χ0n) is 30.8. The summed E-state index contributed by atoms with van der Waals surface area (Å²) < 4.78 is 8.83. The molecule has 268 valence electrons. The largest absolute Gasteiger partial charge is 0.436 e. The van der Waals surface area contributed by atoms with Crippen molar-refractivity contribution in [3.8, 4) is 44.8 Å². The SMILES string of the molecule is c1ccc(-c2ccc(-c3nc4cc5sc6ccc(-c7ccc(N(c8ccccc8)c8ccc(-c9ccc%10ccccc%10c9)cc8)cc7)cc6c5cc4o3)cc2)cc1. The molecule has 0 aliphatic heterocycles. The fourth-order valence-corrected chi connectivity index (χ4v) is 9.04. The standard InChI is InChI=1S/C53H34N2OS/c1-3-9-35(10-4-1)37-15-18-40(19-16-37)53-54-49-34-52-48(33-50(49)56-53)47-32-43(25-30-51(47)57-52)39-23-28-46(29-24-39)55(44-13-5-2-6-14-44)45-26-21-38(22-27-45)42-20-17-36-11-7-8-12-41(36)31-42/h1-34H. The predicted molar refractivity (Wildman–Crippen MR) is 241 cm³/mol. The van der Waals surface area contributed by atoms with Gasteiger partial charge in [-0.05, 0) is 123 Å². The van der Waals surface area contributed by atoms with Crippen LogP contribution >= 0.6 is 11.3 Å². The average molecular weight is 747 g/mol. The van der Waals surface area contributed by atoms with Crippen LogP contribution in [-0.2, 0) is 0 Å². The molecule has 0 saturated heterocycles. The van der Waals surface area contributed by atoms with Crippen LogP contribution in [0.5, 0.6) is 0 Å². The number of anilines is 3. The van der Waals surface area contributed by atoms with Gasteiger partial charge in [-0.25, -0.2) is 4.98 Å². The number of para-hydroxylation sites is 1. The van der Waals surface area contributed by atoms with E-state index in [1.807, 2.05) is 6.07 Å². The first kappa shape index (κ1) is 33.1. The molecular formula is C53H34N2OS. The van der Waals surface area contributed by atoms with Crippen molar-refractivity contribution in [1.82, 2.24) is 4.98 Å². The highest BCUT2D eigenvalue weighted by Crippen LogP contribution is 2.41. The second-order valence-corrected chi connectivity index (χ2v) is 15.5. The third kappa shape index (κ3) is 6.13. The number of thiophene rings is 1. The molecule has 11 rings (SSSR count). The maximum atomic E-state index is 6.38. The Hall–Kier alpha value is -7.27. The van der Waals surface area contributed by atoms with E-state index in [9.17, 15) is 0 Å². The van der Waals surface area contributed by atoms with E-state index in [-0.39, 0.29) is 0 Å². The van der Waals surface area contributed by atoms with Crippen molar-refractivity contribution in [2.24, 2.45) is 0 Å². The molecule has 0 atom stereocenters. The minimum atomic E-state index is 0.637. The van der Waals surface area contributed by atoms with Gasteiger partial charge in [0.15, 0.2) is 5.58 Å². The van der Waals surface area contributed by atoms with Gasteiger partial charge >= 0.3 is 0 Å². The van der Waals surface area contributed by atoms with Gasteiger partial charge in [-0.2, -0.15) is 0 Å². The first-order chi connectivity index (χ1) is 28.2. The smallest absolute Gasteiger partial charge is 0.227 e. The third-order valence-electron chi connectivity index (χ3n) is 10.9. The van der Waals surface area contributed by atoms with Gasteiger partial charge < -0.3 is 9.32 Å². The van der Waals surface area contributed by atoms with Gasteiger partial charge in [0.2, 0.25) is 5.89 Å². The zero-order valence-corrected chi connectivity index (χ0v) is 31.7. The van der Waals surface area contributed by atoms with Crippen molar-refractivity contribution in [3.63, 3.8) is 0 Å². The lowest BCUT2D eigenvalue weighted by atomic mass is 10.0. The van der Waals surface area contributed by atoms with Crippen LogP contribution in [0.2, 0.25) is 0 Å². The third-order valence-corrected chi connectivity index (χ3v) is 12.0. The molecule has 3 nitrogen and oxygen atoms in total. The Morgan fingerprint density at radius 2 is 0.877 bits per heavy atom. The van der Waals surface area contributed by atoms with E-state index in [1.54, 1.807) is 11.3 Å². The summed E-state index contributed by atoms with van der Waals surface area (Å²) in [6.07, 6.45) is 0. The van der Waals surface area contributed by atoms with Gasteiger partial charge in [0, 0.05) is 42.8 Å². The molecule has 0 spiro atoms. The van der Waals surface area contributed by atoms with E-state index in [0.29, 0.717) is 5.89 Å². The van der Waals surface area contributed by atoms with Crippen molar-refractivity contribution in [2.45, 2.75) is 0 Å². The van der Waals surface area contributed by atoms with E-state index in [0.717, 1.165) is 33.7 Å². The quantitative estimate of drug-likeness (QED) is 0.163. The summed E-state index contributed by atoms with van der Waals surface area (Å²) in [5.41, 5.74) is 13.1. The fourth-order valence-electron chi connectivity index (χ4n) is 7.94. The number of benzene rings is 9. The van der Waals surface area contributed by atoms with Crippen LogP contribution in [0.25, 0.3) is 86.9 Å². The number of hydrogen-bond donors (Lipinski definition) is 0. The number of fused-ring (bicyclic) bond motifs is 5. The van der Waals surface area contributed by atoms with Crippen molar-refractivity contribution in [3.05, 3.63) is 206 Å². The lowest BCUT2D eigenvalue weighted by Crippen LogP contribution is -2.09. The Balaban J connectivity index is 0.897. The summed E-state index contributed by atoms with van der Waals surface area (Å²) in [7, 11) is 0. The molecule has 11 aromatic rings. The Labute approximate surface area is 334 Å². The minimum Gasteiger partial charge on any atom is -0.436 e. The molecule has 0 fully saturated rings. The highest BCUT2D eigenvalue weighted by atomic mass is 32.1. The van der Waals surface area contributed by atoms with E-state index in [4.69, 9.17) is 9.40 Å². The van der Waals surface area contributed by atoms with E-state index >= 15 is 0 Å². The van der Waals surface area contributed by atoms with Gasteiger partial charge in [0.05, 0.1) is 0 Å². The lowest BCUT2D eigenvalue weighted by molar-refractivity contribution is 0.620. The number of hydrogen-bond acceptors (Lipinski definition) is 4. The molecule has 0 aliphatic rings. The fraction of sp³-hybridized carbons (Fsp3) is 0. The number of oxazole rings is 1. The molecule has 0 N–H and O–H groups in total. The van der Waals surface area contributed by atoms with E-state index in [2.05, 4.69) is 205 Å². The summed E-state index contributed by atoms with van der Waals surface area (Å²) in [6.45, 7) is 0. The molecule has 4 heteroatoms. The lowest BCUT2D eigenvalue weighted by Gasteiger charge is -2.26. The molecular weight excluding hydrogens is 713 g/mol. The van der Waals surface area contributed by atoms with E-state index in [1.165, 1.54) is 64.3 Å². The monoisotopic (exact) mass is 746 g/mol. The summed E-state index contributed by atoms with van der Waals surface area (Å²) in [6, 6.07) is 73.5. The van der Waals surface area contributed by atoms with Crippen LogP contribution in [0.4, 0.5) is 17.1 Å². The molecule has 2 heterocycles. The van der Waals surface area contributed by atoms with Crippen LogP contribution in [-0.4, -0.2) is 4.98 Å². The molecule has 0 aliphatic carbocycles. The molecule has 57 heavy (non-hydrogen) atoms. The Bertz CT molecular complexity index is 3200. The van der Waals surface area contributed by atoms with Crippen LogP contribution in [0.3, 0.4) is 0 Å². The van der Waals surface area contributed by atoms with Crippen LogP contribution in [0.15, 0.2) is 211 Å². The molecule has 0 saturated carbocycles. The van der Waals surface area contributed by atoms with Crippen LogP contribution in [0, 0.1) is 0 Å². The van der Waals surface area contributed by atoms with Crippen molar-refractivity contribution < 1.29 is 4.42 Å². The Morgan fingerprint density at radius 1 is 0.368 bits per heavy atom. The number of nitrogens with zero attached hydrogens (tertiary/aromatic N) is 2. The van der Waals surface area contributed by atoms with Gasteiger partial charge in [0.1, 0.15) is 5.52 Å².